The van der Waals surface area contributed by atoms with E-state index in [1.165, 1.54) is 44.9 Å². The molecule has 12 heteroatoms. The maximum Gasteiger partial charge on any atom is 0.306 e. The van der Waals surface area contributed by atoms with E-state index in [0.29, 0.717) is 100 Å². The molecule has 12 nitrogen and oxygen atoms in total. The summed E-state index contributed by atoms with van der Waals surface area (Å²) in [6.45, 7) is 20.1. The average Bonchev–Trinajstić information content (AvgIpc) is 4.09. The van der Waals surface area contributed by atoms with Crippen LogP contribution >= 0.6 is 0 Å². The SMILES string of the molecule is CCCCCC1C(=O)CCC1CC(=O)OCC=C(C)C.CCCCCC1C(=O)CCC1CC(=O)OCCC.CCCCCC1C(O)CCC1CC(=O)OCC.CCCCCC1C(O)CCC1CC(=O)OCC. The molecule has 0 amide bonds. The van der Waals surface area contributed by atoms with Gasteiger partial charge in [-0.05, 0) is 140 Å². The fourth-order valence-electron chi connectivity index (χ4n) is 11.3. The van der Waals surface area contributed by atoms with Gasteiger partial charge in [-0.25, -0.2) is 0 Å². The maximum atomic E-state index is 11.9. The summed E-state index contributed by atoms with van der Waals surface area (Å²) in [7, 11) is 0. The summed E-state index contributed by atoms with van der Waals surface area (Å²) in [6.07, 6.45) is 28.9. The Kier molecular flexibility index (Phi) is 38.2. The molecule has 418 valence electrons. The second-order valence-corrected chi connectivity index (χ2v) is 21.5. The topological polar surface area (TPSA) is 180 Å². The van der Waals surface area contributed by atoms with Crippen molar-refractivity contribution < 1.29 is 57.9 Å². The number of carbonyl (C=O) groups is 6. The van der Waals surface area contributed by atoms with Crippen molar-refractivity contribution in [3.8, 4) is 0 Å². The lowest BCUT2D eigenvalue weighted by Gasteiger charge is -2.21. The second kappa shape index (κ2) is 41.2. The first-order valence-corrected chi connectivity index (χ1v) is 29.3. The smallest absolute Gasteiger partial charge is 0.306 e. The minimum Gasteiger partial charge on any atom is -0.466 e. The van der Waals surface area contributed by atoms with E-state index in [2.05, 4.69) is 27.7 Å². The number of carbonyl (C=O) groups excluding carboxylic acids is 6. The van der Waals surface area contributed by atoms with Gasteiger partial charge in [-0.3, -0.25) is 28.8 Å². The molecule has 2 N–H and O–H groups in total. The molecular weight excluding hydrogens is 913 g/mol. The van der Waals surface area contributed by atoms with Crippen molar-refractivity contribution in [2.75, 3.05) is 26.4 Å². The highest BCUT2D eigenvalue weighted by Crippen LogP contribution is 2.40. The third-order valence-corrected chi connectivity index (χ3v) is 15.4. The van der Waals surface area contributed by atoms with Gasteiger partial charge in [-0.2, -0.15) is 0 Å². The van der Waals surface area contributed by atoms with Gasteiger partial charge in [0.1, 0.15) is 18.2 Å². The predicted octanol–water partition coefficient (Wildman–Crippen LogP) is 13.4. The number of aliphatic hydroxyl groups is 2. The molecule has 4 fully saturated rings. The summed E-state index contributed by atoms with van der Waals surface area (Å²) < 4.78 is 20.3. The van der Waals surface area contributed by atoms with Crippen molar-refractivity contribution in [1.29, 1.82) is 0 Å². The Bertz CT molecular complexity index is 1470. The zero-order valence-corrected chi connectivity index (χ0v) is 47.2. The molecule has 0 aliphatic heterocycles. The number of rotatable bonds is 30. The Morgan fingerprint density at radius 2 is 0.819 bits per heavy atom. The number of hydrogen-bond acceptors (Lipinski definition) is 12. The molecule has 0 aromatic rings. The van der Waals surface area contributed by atoms with Gasteiger partial charge in [0, 0.05) is 50.4 Å². The van der Waals surface area contributed by atoms with Gasteiger partial charge in [-0.15, -0.1) is 0 Å². The van der Waals surface area contributed by atoms with Crippen LogP contribution in [0, 0.1) is 47.3 Å². The van der Waals surface area contributed by atoms with Crippen molar-refractivity contribution >= 4 is 35.4 Å². The zero-order valence-electron chi connectivity index (χ0n) is 47.2. The average molecular weight is 1020 g/mol. The van der Waals surface area contributed by atoms with Gasteiger partial charge < -0.3 is 29.2 Å². The summed E-state index contributed by atoms with van der Waals surface area (Å²) in [6, 6.07) is 0. The zero-order chi connectivity index (χ0) is 53.7. The number of esters is 4. The minimum atomic E-state index is -0.203. The van der Waals surface area contributed by atoms with Crippen LogP contribution in [0.5, 0.6) is 0 Å². The molecule has 4 aliphatic carbocycles. The van der Waals surface area contributed by atoms with Crippen molar-refractivity contribution in [2.45, 2.75) is 261 Å². The lowest BCUT2D eigenvalue weighted by atomic mass is 9.87. The first-order valence-electron chi connectivity index (χ1n) is 29.3. The van der Waals surface area contributed by atoms with Gasteiger partial charge in [0.2, 0.25) is 0 Å². The van der Waals surface area contributed by atoms with Gasteiger partial charge >= 0.3 is 23.9 Å². The Morgan fingerprint density at radius 1 is 0.458 bits per heavy atom. The van der Waals surface area contributed by atoms with Gasteiger partial charge in [0.25, 0.3) is 0 Å². The van der Waals surface area contributed by atoms with E-state index in [1.807, 2.05) is 40.7 Å². The molecule has 10 atom stereocenters. The molecule has 0 heterocycles. The Balaban J connectivity index is 0.000000481. The van der Waals surface area contributed by atoms with Crippen LogP contribution in [0.3, 0.4) is 0 Å². The van der Waals surface area contributed by atoms with Crippen molar-refractivity contribution in [3.05, 3.63) is 11.6 Å². The highest BCUT2D eigenvalue weighted by Gasteiger charge is 2.38. The van der Waals surface area contributed by atoms with Crippen molar-refractivity contribution in [3.63, 3.8) is 0 Å². The van der Waals surface area contributed by atoms with Crippen molar-refractivity contribution in [2.24, 2.45) is 47.3 Å². The van der Waals surface area contributed by atoms with Crippen LogP contribution in [0.15, 0.2) is 11.6 Å². The van der Waals surface area contributed by atoms with Crippen LogP contribution in [0.25, 0.3) is 0 Å². The molecule has 72 heavy (non-hydrogen) atoms. The summed E-state index contributed by atoms with van der Waals surface area (Å²) in [5.41, 5.74) is 1.14. The van der Waals surface area contributed by atoms with Crippen LogP contribution in [0.4, 0.5) is 0 Å². The van der Waals surface area contributed by atoms with Gasteiger partial charge in [0.15, 0.2) is 0 Å². The molecule has 4 aliphatic rings. The van der Waals surface area contributed by atoms with Crippen molar-refractivity contribution in [1.82, 2.24) is 0 Å². The number of Topliss-reactive ketones (excluding diaryl/α,β-unsaturated/α-hetero) is 2. The molecule has 10 unspecified atom stereocenters. The molecule has 0 bridgehead atoms. The largest absolute Gasteiger partial charge is 0.466 e. The Morgan fingerprint density at radius 3 is 1.18 bits per heavy atom. The summed E-state index contributed by atoms with van der Waals surface area (Å²) in [4.78, 5) is 70.1. The minimum absolute atomic E-state index is 0.0950. The molecular formula is C60H106O12. The number of ketones is 2. The number of unbranched alkanes of at least 4 members (excludes halogenated alkanes) is 8. The van der Waals surface area contributed by atoms with E-state index in [-0.39, 0.29) is 59.8 Å². The molecule has 0 spiro atoms. The number of hydrogen-bond donors (Lipinski definition) is 2. The van der Waals surface area contributed by atoms with Gasteiger partial charge in [0.05, 0.1) is 32.0 Å². The molecule has 0 saturated heterocycles. The van der Waals surface area contributed by atoms with Crippen LogP contribution in [-0.4, -0.2) is 84.3 Å². The Hall–Kier alpha value is -3.12. The van der Waals surface area contributed by atoms with E-state index in [0.717, 1.165) is 108 Å². The normalized spacial score (nSPS) is 25.3. The maximum absolute atomic E-state index is 11.9. The van der Waals surface area contributed by atoms with Gasteiger partial charge in [-0.1, -0.05) is 117 Å². The standard InChI is InChI=1S/C17H28O3.C15H26O3.2C14H26O3/c1-4-5-6-7-15-14(8-9-16(15)18)12-17(19)20-11-10-13(2)3;1-3-5-6-7-13-12(8-9-14(13)16)11-15(17)18-10-4-2;2*1-3-5-6-7-12-11(8-9-13(12)15)10-14(16)17-4-2/h10,14-15H,4-9,11-12H2,1-3H3;12-13H,3-11H2,1-2H3;2*11-13,15H,3-10H2,1-2H3. The Labute approximate surface area is 438 Å². The number of ether oxygens (including phenoxy) is 4. The monoisotopic (exact) mass is 1020 g/mol. The molecule has 0 aromatic heterocycles. The van der Waals surface area contributed by atoms with Crippen LogP contribution < -0.4 is 0 Å². The third kappa shape index (κ3) is 28.5. The van der Waals surface area contributed by atoms with Crippen LogP contribution in [-0.2, 0) is 47.7 Å². The third-order valence-electron chi connectivity index (χ3n) is 15.4. The van der Waals surface area contributed by atoms with E-state index >= 15 is 0 Å². The molecule has 0 aromatic carbocycles. The van der Waals surface area contributed by atoms with Crippen LogP contribution in [0.1, 0.15) is 249 Å². The molecule has 0 radical (unpaired) electrons. The fourth-order valence-corrected chi connectivity index (χ4v) is 11.3. The highest BCUT2D eigenvalue weighted by atomic mass is 16.5. The molecule has 4 saturated carbocycles. The summed E-state index contributed by atoms with van der Waals surface area (Å²) in [5.74, 6) is 2.15. The van der Waals surface area contributed by atoms with E-state index in [1.54, 1.807) is 0 Å². The summed E-state index contributed by atoms with van der Waals surface area (Å²) in [5, 5.41) is 19.9. The first-order chi connectivity index (χ1) is 34.6. The van der Waals surface area contributed by atoms with E-state index < -0.39 is 0 Å². The lowest BCUT2D eigenvalue weighted by Crippen LogP contribution is -2.22. The second-order valence-electron chi connectivity index (χ2n) is 21.5. The van der Waals surface area contributed by atoms with E-state index in [9.17, 15) is 39.0 Å². The first kappa shape index (κ1) is 66.9. The lowest BCUT2D eigenvalue weighted by molar-refractivity contribution is -0.146. The molecule has 4 rings (SSSR count). The predicted molar refractivity (Wildman–Crippen MR) is 287 cm³/mol. The summed E-state index contributed by atoms with van der Waals surface area (Å²) >= 11 is 0. The van der Waals surface area contributed by atoms with Crippen LogP contribution in [0.2, 0.25) is 0 Å². The quantitative estimate of drug-likeness (QED) is 0.0301. The van der Waals surface area contributed by atoms with E-state index in [4.69, 9.17) is 18.9 Å². The number of allylic oxidation sites excluding steroid dienone is 1. The number of aliphatic hydroxyl groups excluding tert-OH is 2. The highest BCUT2D eigenvalue weighted by molar-refractivity contribution is 5.85. The fraction of sp³-hybridized carbons (Fsp3) is 0.867.